The van der Waals surface area contributed by atoms with Crippen LogP contribution in [-0.2, 0) is 6.61 Å². The lowest BCUT2D eigenvalue weighted by Crippen LogP contribution is -2.29. The molecule has 3 atom stereocenters. The molecule has 1 aliphatic heterocycles. The second-order valence-electron chi connectivity index (χ2n) is 9.83. The van der Waals surface area contributed by atoms with Crippen LogP contribution in [0, 0.1) is 12.8 Å². The molecule has 4 aromatic carbocycles. The first kappa shape index (κ1) is 23.6. The van der Waals surface area contributed by atoms with Gasteiger partial charge < -0.3 is 10.1 Å². The van der Waals surface area contributed by atoms with Gasteiger partial charge >= 0.3 is 0 Å². The van der Waals surface area contributed by atoms with Crippen molar-refractivity contribution >= 4 is 29.2 Å². The van der Waals surface area contributed by atoms with Crippen molar-refractivity contribution in [3.63, 3.8) is 0 Å². The summed E-state index contributed by atoms with van der Waals surface area (Å²) in [7, 11) is 0. The molecule has 184 valence electrons. The number of nitrogens with one attached hydrogen (secondary N) is 1. The van der Waals surface area contributed by atoms with Crippen LogP contribution < -0.4 is 10.1 Å². The molecular formula is C33H29ClN2O. The van der Waals surface area contributed by atoms with Gasteiger partial charge in [0.05, 0.1) is 11.7 Å². The van der Waals surface area contributed by atoms with E-state index in [0.29, 0.717) is 23.5 Å². The summed E-state index contributed by atoms with van der Waals surface area (Å²) >= 11 is 6.29. The van der Waals surface area contributed by atoms with Crippen molar-refractivity contribution in [1.82, 2.24) is 0 Å². The van der Waals surface area contributed by atoms with Crippen LogP contribution in [0.5, 0.6) is 5.75 Å². The Morgan fingerprint density at radius 1 is 0.973 bits per heavy atom. The summed E-state index contributed by atoms with van der Waals surface area (Å²) in [6.45, 7) is 2.58. The van der Waals surface area contributed by atoms with Gasteiger partial charge in [-0.25, -0.2) is 0 Å². The molecule has 4 heteroatoms. The minimum absolute atomic E-state index is 0.284. The minimum atomic E-state index is 0.284. The van der Waals surface area contributed by atoms with E-state index in [2.05, 4.69) is 66.9 Å². The highest BCUT2D eigenvalue weighted by atomic mass is 35.5. The molecule has 6 rings (SSSR count). The summed E-state index contributed by atoms with van der Waals surface area (Å²) in [5, 5.41) is 4.53. The third-order valence-corrected chi connectivity index (χ3v) is 7.75. The highest BCUT2D eigenvalue weighted by Crippen LogP contribution is 2.50. The number of aliphatic imine (C=N–C) groups is 1. The van der Waals surface area contributed by atoms with Crippen molar-refractivity contribution < 1.29 is 4.74 Å². The number of halogens is 1. The Kier molecular flexibility index (Phi) is 6.55. The number of rotatable bonds is 6. The van der Waals surface area contributed by atoms with Crippen molar-refractivity contribution in [2.45, 2.75) is 31.9 Å². The molecule has 0 radical (unpaired) electrons. The number of benzene rings is 4. The molecule has 37 heavy (non-hydrogen) atoms. The summed E-state index contributed by atoms with van der Waals surface area (Å²) in [5.41, 5.74) is 8.09. The first-order valence-corrected chi connectivity index (χ1v) is 13.2. The van der Waals surface area contributed by atoms with Crippen LogP contribution >= 0.6 is 11.6 Å². The third kappa shape index (κ3) is 4.92. The van der Waals surface area contributed by atoms with Gasteiger partial charge in [-0.05, 0) is 66.8 Å². The van der Waals surface area contributed by atoms with E-state index < -0.39 is 0 Å². The molecule has 0 aromatic heterocycles. The van der Waals surface area contributed by atoms with Gasteiger partial charge in [-0.1, -0.05) is 83.9 Å². The molecule has 0 spiro atoms. The monoisotopic (exact) mass is 504 g/mol. The van der Waals surface area contributed by atoms with Crippen molar-refractivity contribution in [3.8, 4) is 5.75 Å². The van der Waals surface area contributed by atoms with E-state index in [-0.39, 0.29) is 6.04 Å². The molecule has 0 amide bonds. The molecule has 0 bridgehead atoms. The maximum absolute atomic E-state index is 6.29. The first-order valence-electron chi connectivity index (χ1n) is 12.8. The van der Waals surface area contributed by atoms with Crippen LogP contribution in [0.1, 0.15) is 46.2 Å². The Labute approximate surface area is 223 Å². The Hall–Kier alpha value is -3.82. The van der Waals surface area contributed by atoms with E-state index in [0.717, 1.165) is 29.0 Å². The van der Waals surface area contributed by atoms with Crippen LogP contribution in [0.2, 0.25) is 5.02 Å². The quantitative estimate of drug-likeness (QED) is 0.210. The number of allylic oxidation sites excluding steroid dienone is 2. The van der Waals surface area contributed by atoms with Crippen molar-refractivity contribution in [1.29, 1.82) is 0 Å². The third-order valence-electron chi connectivity index (χ3n) is 7.38. The van der Waals surface area contributed by atoms with Gasteiger partial charge in [0.15, 0.2) is 0 Å². The predicted molar refractivity (Wildman–Crippen MR) is 153 cm³/mol. The number of nitrogens with zero attached hydrogens (tertiary/aromatic N) is 1. The molecule has 4 aromatic rings. The number of fused-ring (bicyclic) bond motifs is 3. The summed E-state index contributed by atoms with van der Waals surface area (Å²) in [4.78, 5) is 4.74. The zero-order chi connectivity index (χ0) is 25.2. The number of hydrogen-bond donors (Lipinski definition) is 1. The second-order valence-corrected chi connectivity index (χ2v) is 10.2. The van der Waals surface area contributed by atoms with Gasteiger partial charge in [-0.2, -0.15) is 0 Å². The molecule has 3 nitrogen and oxygen atoms in total. The summed E-state index contributed by atoms with van der Waals surface area (Å²) < 4.78 is 6.08. The highest BCUT2D eigenvalue weighted by Gasteiger charge is 2.37. The van der Waals surface area contributed by atoms with Crippen LogP contribution in [0.3, 0.4) is 0 Å². The van der Waals surface area contributed by atoms with Gasteiger partial charge in [0.1, 0.15) is 12.4 Å². The molecule has 1 aliphatic carbocycles. The van der Waals surface area contributed by atoms with Crippen molar-refractivity contribution in [2.24, 2.45) is 10.9 Å². The highest BCUT2D eigenvalue weighted by molar-refractivity contribution is 6.31. The Balaban J connectivity index is 1.18. The van der Waals surface area contributed by atoms with Crippen LogP contribution in [-0.4, -0.2) is 6.21 Å². The van der Waals surface area contributed by atoms with E-state index >= 15 is 0 Å². The molecule has 2 aliphatic rings. The van der Waals surface area contributed by atoms with E-state index in [1.807, 2.05) is 54.7 Å². The molecule has 0 saturated heterocycles. The fourth-order valence-corrected chi connectivity index (χ4v) is 5.64. The summed E-state index contributed by atoms with van der Waals surface area (Å²) in [6, 6.07) is 31.3. The minimum Gasteiger partial charge on any atom is -0.488 e. The van der Waals surface area contributed by atoms with Crippen LogP contribution in [0.4, 0.5) is 11.4 Å². The largest absolute Gasteiger partial charge is 0.488 e. The normalized spacial score (nSPS) is 19.9. The maximum atomic E-state index is 6.29. The number of anilines is 1. The van der Waals surface area contributed by atoms with Gasteiger partial charge in [0.2, 0.25) is 0 Å². The smallest absolute Gasteiger partial charge is 0.128 e. The van der Waals surface area contributed by atoms with Crippen molar-refractivity contribution in [3.05, 3.63) is 136 Å². The van der Waals surface area contributed by atoms with E-state index in [9.17, 15) is 0 Å². The van der Waals surface area contributed by atoms with Gasteiger partial charge in [-0.3, -0.25) is 4.99 Å². The lowest BCUT2D eigenvalue weighted by molar-refractivity contribution is 0.306. The first-order chi connectivity index (χ1) is 18.2. The fraction of sp³-hybridized carbons (Fsp3) is 0.182. The van der Waals surface area contributed by atoms with E-state index in [4.69, 9.17) is 21.3 Å². The molecule has 0 saturated carbocycles. The van der Waals surface area contributed by atoms with E-state index in [1.165, 1.54) is 22.4 Å². The maximum Gasteiger partial charge on any atom is 0.128 e. The lowest BCUT2D eigenvalue weighted by atomic mass is 9.76. The zero-order valence-corrected chi connectivity index (χ0v) is 21.5. The number of para-hydroxylation sites is 1. The predicted octanol–water partition coefficient (Wildman–Crippen LogP) is 8.80. The molecular weight excluding hydrogens is 476 g/mol. The average Bonchev–Trinajstić information content (AvgIpc) is 3.43. The van der Waals surface area contributed by atoms with Crippen LogP contribution in [0.15, 0.2) is 108 Å². The molecule has 1 N–H and O–H groups in total. The Morgan fingerprint density at radius 3 is 2.65 bits per heavy atom. The lowest BCUT2D eigenvalue weighted by Gasteiger charge is -2.37. The number of ether oxygens (including phenoxy) is 1. The molecule has 0 unspecified atom stereocenters. The number of aryl methyl sites for hydroxylation is 1. The van der Waals surface area contributed by atoms with E-state index in [1.54, 1.807) is 0 Å². The van der Waals surface area contributed by atoms with Gasteiger partial charge in [0, 0.05) is 34.0 Å². The molecule has 0 fully saturated rings. The topological polar surface area (TPSA) is 33.6 Å². The zero-order valence-electron chi connectivity index (χ0n) is 20.8. The number of hydrogen-bond acceptors (Lipinski definition) is 3. The average molecular weight is 505 g/mol. The van der Waals surface area contributed by atoms with Gasteiger partial charge in [0.25, 0.3) is 0 Å². The molecule has 1 heterocycles. The van der Waals surface area contributed by atoms with Gasteiger partial charge in [-0.15, -0.1) is 0 Å². The summed E-state index contributed by atoms with van der Waals surface area (Å²) in [6.07, 6.45) is 7.69. The Bertz CT molecular complexity index is 1470. The summed E-state index contributed by atoms with van der Waals surface area (Å²) in [5.74, 6) is 1.79. The SMILES string of the molecule is Cc1ccc2c(c1)[C@@H]1C=CC[C@@H]1[C@@H](c1ccc(N=Cc3ccccc3OCc3ccccc3Cl)cc1)N2. The van der Waals surface area contributed by atoms with Crippen molar-refractivity contribution in [2.75, 3.05) is 5.32 Å². The van der Waals surface area contributed by atoms with Crippen LogP contribution in [0.25, 0.3) is 0 Å². The second kappa shape index (κ2) is 10.3. The standard InChI is InChI=1S/C33H29ClN2O/c1-22-13-18-31-29(19-22)27-9-6-10-28(27)33(36-31)23-14-16-26(17-15-23)35-20-24-7-3-5-12-32(24)37-21-25-8-2-4-11-30(25)34/h2-9,11-20,27-28,33,36H,10,21H2,1H3/t27-,28+,33-/m1/s1. The fourth-order valence-electron chi connectivity index (χ4n) is 5.45. The Morgan fingerprint density at radius 2 is 1.78 bits per heavy atom.